The van der Waals surface area contributed by atoms with E-state index in [-0.39, 0.29) is 0 Å². The molecule has 0 spiro atoms. The van der Waals surface area contributed by atoms with Crippen LogP contribution in [-0.2, 0) is 6.54 Å². The van der Waals surface area contributed by atoms with Crippen LogP contribution in [0.3, 0.4) is 0 Å². The minimum Gasteiger partial charge on any atom is -0.490 e. The highest BCUT2D eigenvalue weighted by molar-refractivity contribution is 5.88. The number of benzene rings is 4. The Labute approximate surface area is 189 Å². The summed E-state index contributed by atoms with van der Waals surface area (Å²) >= 11 is 0. The van der Waals surface area contributed by atoms with Crippen LogP contribution in [0.4, 0.5) is 0 Å². The van der Waals surface area contributed by atoms with Gasteiger partial charge in [0.25, 0.3) is 0 Å². The van der Waals surface area contributed by atoms with E-state index in [1.807, 2.05) is 12.1 Å². The van der Waals surface area contributed by atoms with Gasteiger partial charge in [0.15, 0.2) is 0 Å². The molecule has 0 aliphatic heterocycles. The van der Waals surface area contributed by atoms with Crippen molar-refractivity contribution < 1.29 is 4.74 Å². The molecule has 0 unspecified atom stereocenters. The summed E-state index contributed by atoms with van der Waals surface area (Å²) in [7, 11) is 0. The highest BCUT2D eigenvalue weighted by Crippen LogP contribution is 2.42. The lowest BCUT2D eigenvalue weighted by atomic mass is 9.92. The van der Waals surface area contributed by atoms with E-state index < -0.39 is 0 Å². The molecule has 1 heterocycles. The van der Waals surface area contributed by atoms with E-state index in [1.54, 1.807) is 0 Å². The first-order chi connectivity index (χ1) is 15.9. The average molecular weight is 416 g/mol. The predicted molar refractivity (Wildman–Crippen MR) is 133 cm³/mol. The van der Waals surface area contributed by atoms with Crippen LogP contribution in [0, 0.1) is 0 Å². The zero-order chi connectivity index (χ0) is 21.6. The maximum Gasteiger partial charge on any atom is 0.135 e. The zero-order valence-corrected chi connectivity index (χ0v) is 17.9. The third kappa shape index (κ3) is 4.35. The molecule has 0 radical (unpaired) electrons. The molecule has 4 aromatic carbocycles. The molecular weight excluding hydrogens is 390 g/mol. The van der Waals surface area contributed by atoms with Gasteiger partial charge in [-0.25, -0.2) is 0 Å². The van der Waals surface area contributed by atoms with Crippen LogP contribution in [0.2, 0.25) is 0 Å². The molecular formula is C30H25NO. The fourth-order valence-electron chi connectivity index (χ4n) is 4.02. The lowest BCUT2D eigenvalue weighted by Gasteiger charge is -2.19. The largest absolute Gasteiger partial charge is 0.490 e. The molecule has 0 atom stereocenters. The van der Waals surface area contributed by atoms with Crippen LogP contribution in [0.25, 0.3) is 33.4 Å². The topological polar surface area (TPSA) is 14.2 Å². The summed E-state index contributed by atoms with van der Waals surface area (Å²) in [5.74, 6) is 0.925. The van der Waals surface area contributed by atoms with Gasteiger partial charge in [0.2, 0.25) is 0 Å². The Bertz CT molecular complexity index is 1200. The molecule has 0 saturated carbocycles. The van der Waals surface area contributed by atoms with Crippen molar-refractivity contribution in [1.29, 1.82) is 0 Å². The van der Waals surface area contributed by atoms with Crippen LogP contribution in [-0.4, -0.2) is 11.2 Å². The molecule has 32 heavy (non-hydrogen) atoms. The van der Waals surface area contributed by atoms with Crippen molar-refractivity contribution in [1.82, 2.24) is 4.57 Å². The van der Waals surface area contributed by atoms with E-state index >= 15 is 0 Å². The number of rotatable bonds is 7. The summed E-state index contributed by atoms with van der Waals surface area (Å²) in [6.45, 7) is 1.40. The summed E-state index contributed by atoms with van der Waals surface area (Å²) in [5.41, 5.74) is 6.90. The molecule has 5 aromatic rings. The summed E-state index contributed by atoms with van der Waals surface area (Å²) < 4.78 is 8.66. The van der Waals surface area contributed by atoms with E-state index in [0.717, 1.165) is 34.5 Å². The highest BCUT2D eigenvalue weighted by atomic mass is 16.5. The molecule has 2 heteroatoms. The van der Waals surface area contributed by atoms with Gasteiger partial charge in [-0.05, 0) is 46.5 Å². The van der Waals surface area contributed by atoms with Crippen LogP contribution >= 0.6 is 0 Å². The Morgan fingerprint density at radius 1 is 0.500 bits per heavy atom. The molecule has 0 saturated heterocycles. The van der Waals surface area contributed by atoms with Crippen LogP contribution < -0.4 is 4.74 Å². The molecule has 2 nitrogen and oxygen atoms in total. The first-order valence-electron chi connectivity index (χ1n) is 11.0. The fourth-order valence-corrected chi connectivity index (χ4v) is 4.02. The van der Waals surface area contributed by atoms with Crippen molar-refractivity contribution in [2.24, 2.45) is 0 Å². The van der Waals surface area contributed by atoms with Gasteiger partial charge in [0.1, 0.15) is 12.4 Å². The molecule has 1 aromatic heterocycles. The number of hydrogen-bond acceptors (Lipinski definition) is 1. The molecule has 0 fully saturated rings. The number of hydrogen-bond donors (Lipinski definition) is 0. The van der Waals surface area contributed by atoms with Crippen LogP contribution in [0.1, 0.15) is 0 Å². The van der Waals surface area contributed by atoms with Crippen molar-refractivity contribution in [3.63, 3.8) is 0 Å². The first kappa shape index (κ1) is 19.9. The quantitative estimate of drug-likeness (QED) is 0.267. The molecule has 0 amide bonds. The third-order valence-corrected chi connectivity index (χ3v) is 5.63. The van der Waals surface area contributed by atoms with Crippen molar-refractivity contribution in [3.05, 3.63) is 128 Å². The Morgan fingerprint density at radius 2 is 0.969 bits per heavy atom. The summed E-state index contributed by atoms with van der Waals surface area (Å²) in [4.78, 5) is 0. The monoisotopic (exact) mass is 415 g/mol. The first-order valence-corrected chi connectivity index (χ1v) is 11.0. The zero-order valence-electron chi connectivity index (χ0n) is 17.9. The summed E-state index contributed by atoms with van der Waals surface area (Å²) in [5, 5.41) is 0. The van der Waals surface area contributed by atoms with E-state index in [9.17, 15) is 0 Å². The number of nitrogens with zero attached hydrogens (tertiary/aromatic N) is 1. The van der Waals surface area contributed by atoms with Crippen molar-refractivity contribution in [2.45, 2.75) is 6.54 Å². The lowest BCUT2D eigenvalue weighted by Crippen LogP contribution is -2.08. The SMILES string of the molecule is c1ccc(-c2cc(-c3ccccc3)c(OCCn3cccc3)c(-c3ccccc3)c2)cc1. The van der Waals surface area contributed by atoms with Gasteiger partial charge in [0.05, 0.1) is 6.54 Å². The molecule has 0 bridgehead atoms. The molecule has 0 aliphatic rings. The maximum absolute atomic E-state index is 6.52. The average Bonchev–Trinajstić information content (AvgIpc) is 3.39. The van der Waals surface area contributed by atoms with Gasteiger partial charge in [-0.15, -0.1) is 0 Å². The standard InChI is InChI=1S/C30H25NO/c1-4-12-24(13-5-1)27-22-28(25-14-6-2-7-15-25)30(32-21-20-31-18-10-11-19-31)29(23-27)26-16-8-3-9-17-26/h1-19,22-23H,20-21H2. The maximum atomic E-state index is 6.52. The van der Waals surface area contributed by atoms with E-state index in [1.165, 1.54) is 11.1 Å². The van der Waals surface area contributed by atoms with Crippen molar-refractivity contribution >= 4 is 0 Å². The second kappa shape index (κ2) is 9.40. The molecule has 0 N–H and O–H groups in total. The Hall–Kier alpha value is -4.04. The van der Waals surface area contributed by atoms with Crippen molar-refractivity contribution in [2.75, 3.05) is 6.61 Å². The second-order valence-corrected chi connectivity index (χ2v) is 7.77. The van der Waals surface area contributed by atoms with Crippen molar-refractivity contribution in [3.8, 4) is 39.1 Å². The van der Waals surface area contributed by atoms with Crippen LogP contribution in [0.5, 0.6) is 5.75 Å². The lowest BCUT2D eigenvalue weighted by molar-refractivity contribution is 0.301. The fraction of sp³-hybridized carbons (Fsp3) is 0.0667. The number of aromatic nitrogens is 1. The Balaban J connectivity index is 1.66. The molecule has 5 rings (SSSR count). The van der Waals surface area contributed by atoms with Gasteiger partial charge >= 0.3 is 0 Å². The number of ether oxygens (including phenoxy) is 1. The van der Waals surface area contributed by atoms with Gasteiger partial charge in [-0.1, -0.05) is 91.0 Å². The second-order valence-electron chi connectivity index (χ2n) is 7.77. The minimum absolute atomic E-state index is 0.596. The van der Waals surface area contributed by atoms with E-state index in [0.29, 0.717) is 6.61 Å². The summed E-state index contributed by atoms with van der Waals surface area (Å²) in [6.07, 6.45) is 4.14. The third-order valence-electron chi connectivity index (χ3n) is 5.63. The van der Waals surface area contributed by atoms with Gasteiger partial charge in [0, 0.05) is 23.5 Å². The minimum atomic E-state index is 0.596. The summed E-state index contributed by atoms with van der Waals surface area (Å²) in [6, 6.07) is 40.1. The van der Waals surface area contributed by atoms with Crippen LogP contribution in [0.15, 0.2) is 128 Å². The van der Waals surface area contributed by atoms with E-state index in [2.05, 4.69) is 120 Å². The smallest absolute Gasteiger partial charge is 0.135 e. The predicted octanol–water partition coefficient (Wildman–Crippen LogP) is 7.57. The van der Waals surface area contributed by atoms with Gasteiger partial charge in [-0.2, -0.15) is 0 Å². The molecule has 0 aliphatic carbocycles. The molecule has 156 valence electrons. The highest BCUT2D eigenvalue weighted by Gasteiger charge is 2.16. The normalized spacial score (nSPS) is 10.8. The van der Waals surface area contributed by atoms with Gasteiger partial charge < -0.3 is 9.30 Å². The Morgan fingerprint density at radius 3 is 1.47 bits per heavy atom. The Kier molecular flexibility index (Phi) is 5.85. The van der Waals surface area contributed by atoms with E-state index in [4.69, 9.17) is 4.74 Å². The van der Waals surface area contributed by atoms with Gasteiger partial charge in [-0.3, -0.25) is 0 Å².